The Morgan fingerprint density at radius 1 is 1.04 bits per heavy atom. The first kappa shape index (κ1) is 19.7. The second-order valence-electron chi connectivity index (χ2n) is 5.54. The summed E-state index contributed by atoms with van der Waals surface area (Å²) in [5.41, 5.74) is 0.282. The van der Waals surface area contributed by atoms with Crippen LogP contribution in [0.2, 0.25) is 0 Å². The maximum atomic E-state index is 12.4. The topological polar surface area (TPSA) is 86.7 Å². The number of hydrogen-bond acceptors (Lipinski definition) is 6. The monoisotopic (exact) mass is 376 g/mol. The molecular weight excluding hydrogens is 356 g/mol. The van der Waals surface area contributed by atoms with Gasteiger partial charge in [0.1, 0.15) is 5.75 Å². The zero-order valence-electron chi connectivity index (χ0n) is 14.8. The number of Topliss-reactive ketones (excluding diaryl/α,β-unsaturated/α-hetero) is 1. The van der Waals surface area contributed by atoms with Crippen LogP contribution in [0.15, 0.2) is 53.4 Å². The Balaban J connectivity index is 2.20. The number of sulfone groups is 1. The number of ether oxygens (including phenoxy) is 2. The van der Waals surface area contributed by atoms with Crippen LogP contribution in [0, 0.1) is 0 Å². The van der Waals surface area contributed by atoms with Gasteiger partial charge in [0.25, 0.3) is 0 Å². The number of hydrogen-bond donors (Lipinski definition) is 0. The molecule has 26 heavy (non-hydrogen) atoms. The number of carbonyl (C=O) groups excluding carboxylic acids is 2. The van der Waals surface area contributed by atoms with Gasteiger partial charge in [0.05, 0.1) is 23.3 Å². The van der Waals surface area contributed by atoms with Crippen molar-refractivity contribution in [1.82, 2.24) is 0 Å². The van der Waals surface area contributed by atoms with Gasteiger partial charge in [0.2, 0.25) is 5.78 Å². The molecule has 1 unspecified atom stereocenters. The Morgan fingerprint density at radius 3 is 2.23 bits per heavy atom. The summed E-state index contributed by atoms with van der Waals surface area (Å²) in [4.78, 5) is 24.7. The summed E-state index contributed by atoms with van der Waals surface area (Å²) < 4.78 is 34.5. The lowest BCUT2D eigenvalue weighted by Crippen LogP contribution is -2.25. The van der Waals surface area contributed by atoms with E-state index in [1.54, 1.807) is 30.3 Å². The molecule has 1 atom stereocenters. The predicted octanol–water partition coefficient (Wildman–Crippen LogP) is 2.92. The van der Waals surface area contributed by atoms with Crippen LogP contribution >= 0.6 is 0 Å². The number of rotatable bonds is 7. The first-order valence-electron chi connectivity index (χ1n) is 8.01. The van der Waals surface area contributed by atoms with E-state index in [2.05, 4.69) is 0 Å². The van der Waals surface area contributed by atoms with Gasteiger partial charge >= 0.3 is 5.97 Å². The molecule has 6 nitrogen and oxygen atoms in total. The number of esters is 1. The normalized spacial score (nSPS) is 12.3. The van der Waals surface area contributed by atoms with E-state index in [4.69, 9.17) is 9.47 Å². The lowest BCUT2D eigenvalue weighted by atomic mass is 10.1. The Labute approximate surface area is 152 Å². The van der Waals surface area contributed by atoms with Crippen molar-refractivity contribution in [2.75, 3.05) is 12.9 Å². The highest BCUT2D eigenvalue weighted by Gasteiger charge is 2.25. The van der Waals surface area contributed by atoms with Crippen LogP contribution in [-0.2, 0) is 14.6 Å². The third-order valence-electron chi connectivity index (χ3n) is 3.85. The molecule has 0 aromatic heterocycles. The first-order chi connectivity index (χ1) is 12.3. The van der Waals surface area contributed by atoms with E-state index >= 15 is 0 Å². The summed E-state index contributed by atoms with van der Waals surface area (Å²) >= 11 is 0. The molecule has 7 heteroatoms. The van der Waals surface area contributed by atoms with E-state index in [0.29, 0.717) is 11.3 Å². The summed E-state index contributed by atoms with van der Waals surface area (Å²) in [6.07, 6.45) is -1.06. The van der Waals surface area contributed by atoms with Gasteiger partial charge in [0, 0.05) is 5.56 Å². The molecule has 138 valence electrons. The molecule has 2 aromatic carbocycles. The maximum absolute atomic E-state index is 12.4. The van der Waals surface area contributed by atoms with Crippen LogP contribution in [0.1, 0.15) is 34.6 Å². The molecule has 0 aliphatic carbocycles. The SMILES string of the molecule is CCS(=O)(=O)c1ccccc1C(=O)OC(C)C(=O)c1ccc(OC)cc1. The van der Waals surface area contributed by atoms with Crippen LogP contribution in [0.4, 0.5) is 0 Å². The van der Waals surface area contributed by atoms with Crippen molar-refractivity contribution in [2.24, 2.45) is 0 Å². The minimum atomic E-state index is -3.59. The first-order valence-corrected chi connectivity index (χ1v) is 9.66. The number of ketones is 1. The molecule has 2 aromatic rings. The molecule has 0 N–H and O–H groups in total. The second kappa shape index (κ2) is 8.14. The second-order valence-corrected chi connectivity index (χ2v) is 7.79. The number of carbonyl (C=O) groups is 2. The molecule has 0 aliphatic heterocycles. The Hall–Kier alpha value is -2.67. The van der Waals surface area contributed by atoms with Gasteiger partial charge in [-0.05, 0) is 43.3 Å². The van der Waals surface area contributed by atoms with E-state index in [1.807, 2.05) is 0 Å². The molecule has 0 bridgehead atoms. The van der Waals surface area contributed by atoms with E-state index in [9.17, 15) is 18.0 Å². The van der Waals surface area contributed by atoms with E-state index in [1.165, 1.54) is 39.2 Å². The third-order valence-corrected chi connectivity index (χ3v) is 5.64. The van der Waals surface area contributed by atoms with E-state index in [-0.39, 0.29) is 16.2 Å². The van der Waals surface area contributed by atoms with Crippen LogP contribution in [0.5, 0.6) is 5.75 Å². The largest absolute Gasteiger partial charge is 0.497 e. The average Bonchev–Trinajstić information content (AvgIpc) is 2.67. The van der Waals surface area contributed by atoms with Crippen molar-refractivity contribution in [2.45, 2.75) is 24.8 Å². The van der Waals surface area contributed by atoms with Crippen molar-refractivity contribution in [3.8, 4) is 5.75 Å². The van der Waals surface area contributed by atoms with Crippen LogP contribution in [0.3, 0.4) is 0 Å². The lowest BCUT2D eigenvalue weighted by Gasteiger charge is -2.14. The summed E-state index contributed by atoms with van der Waals surface area (Å²) in [5.74, 6) is -0.786. The molecule has 0 spiro atoms. The van der Waals surface area contributed by atoms with Crippen molar-refractivity contribution in [3.63, 3.8) is 0 Å². The Kier molecular flexibility index (Phi) is 6.15. The van der Waals surface area contributed by atoms with Crippen molar-refractivity contribution in [1.29, 1.82) is 0 Å². The molecule has 0 aliphatic rings. The fourth-order valence-corrected chi connectivity index (χ4v) is 3.41. The summed E-state index contributed by atoms with van der Waals surface area (Å²) in [5, 5.41) is 0. The van der Waals surface area contributed by atoms with Gasteiger partial charge in [-0.2, -0.15) is 0 Å². The quantitative estimate of drug-likeness (QED) is 0.545. The molecule has 2 rings (SSSR count). The summed E-state index contributed by atoms with van der Waals surface area (Å²) in [6.45, 7) is 2.94. The van der Waals surface area contributed by atoms with E-state index in [0.717, 1.165) is 0 Å². The smallest absolute Gasteiger partial charge is 0.340 e. The third kappa shape index (κ3) is 4.29. The van der Waals surface area contributed by atoms with Crippen molar-refractivity contribution >= 4 is 21.6 Å². The fourth-order valence-electron chi connectivity index (χ4n) is 2.33. The predicted molar refractivity (Wildman–Crippen MR) is 96.4 cm³/mol. The van der Waals surface area contributed by atoms with Crippen LogP contribution in [0.25, 0.3) is 0 Å². The molecule has 0 heterocycles. The van der Waals surface area contributed by atoms with Crippen LogP contribution < -0.4 is 4.74 Å². The minimum Gasteiger partial charge on any atom is -0.497 e. The zero-order valence-corrected chi connectivity index (χ0v) is 15.6. The fraction of sp³-hybridized carbons (Fsp3) is 0.263. The highest BCUT2D eigenvalue weighted by molar-refractivity contribution is 7.91. The van der Waals surface area contributed by atoms with Crippen molar-refractivity contribution in [3.05, 3.63) is 59.7 Å². The summed E-state index contributed by atoms with van der Waals surface area (Å²) in [6, 6.07) is 12.2. The van der Waals surface area contributed by atoms with Crippen molar-refractivity contribution < 1.29 is 27.5 Å². The van der Waals surface area contributed by atoms with Gasteiger partial charge in [-0.25, -0.2) is 13.2 Å². The van der Waals surface area contributed by atoms with Gasteiger partial charge in [-0.15, -0.1) is 0 Å². The minimum absolute atomic E-state index is 0.0799. The highest BCUT2D eigenvalue weighted by Crippen LogP contribution is 2.20. The molecule has 0 fully saturated rings. The Bertz CT molecular complexity index is 900. The zero-order chi connectivity index (χ0) is 19.3. The average molecular weight is 376 g/mol. The lowest BCUT2D eigenvalue weighted by molar-refractivity contribution is 0.0315. The van der Waals surface area contributed by atoms with E-state index < -0.39 is 27.7 Å². The number of methoxy groups -OCH3 is 1. The van der Waals surface area contributed by atoms with Gasteiger partial charge in [-0.3, -0.25) is 4.79 Å². The summed E-state index contributed by atoms with van der Waals surface area (Å²) in [7, 11) is -2.07. The molecule has 0 amide bonds. The van der Waals surface area contributed by atoms with Gasteiger partial charge in [0.15, 0.2) is 15.9 Å². The Morgan fingerprint density at radius 2 is 1.65 bits per heavy atom. The molecule has 0 radical (unpaired) electrons. The standard InChI is InChI=1S/C19H20O6S/c1-4-26(22,23)17-8-6-5-7-16(17)19(21)25-13(2)18(20)14-9-11-15(24-3)12-10-14/h5-13H,4H2,1-3H3. The highest BCUT2D eigenvalue weighted by atomic mass is 32.2. The van der Waals surface area contributed by atoms with Crippen LogP contribution in [-0.4, -0.2) is 39.1 Å². The van der Waals surface area contributed by atoms with Gasteiger partial charge in [-0.1, -0.05) is 19.1 Å². The molecular formula is C19H20O6S. The maximum Gasteiger partial charge on any atom is 0.340 e. The molecule has 0 saturated heterocycles. The molecule has 0 saturated carbocycles. The van der Waals surface area contributed by atoms with Gasteiger partial charge < -0.3 is 9.47 Å². The number of benzene rings is 2.